The number of benzene rings is 3. The number of morpholine rings is 1. The monoisotopic (exact) mass is 615 g/mol. The summed E-state index contributed by atoms with van der Waals surface area (Å²) >= 11 is 6.06. The summed E-state index contributed by atoms with van der Waals surface area (Å²) in [6.07, 6.45) is 0.374. The topological polar surface area (TPSA) is 125 Å². The van der Waals surface area contributed by atoms with Crippen LogP contribution in [0.5, 0.6) is 5.75 Å². The van der Waals surface area contributed by atoms with E-state index in [1.54, 1.807) is 48.5 Å². The van der Waals surface area contributed by atoms with Crippen molar-refractivity contribution in [1.82, 2.24) is 14.5 Å². The standard InChI is InChI=1S/C30H34ClN3O7S/c31-25-9-7-23(8-10-25)21-34(29(24-5-2-1-3-6-24)30(37)32-15-4-18-35)28(36)22-41-26-11-13-27(14-12-26)42(38,39)33-16-19-40-20-17-33/h1-3,5-14,29,35H,4,15-22H2,(H,32,37). The summed E-state index contributed by atoms with van der Waals surface area (Å²) in [7, 11) is -3.67. The van der Waals surface area contributed by atoms with E-state index >= 15 is 0 Å². The van der Waals surface area contributed by atoms with Crippen molar-refractivity contribution in [2.45, 2.75) is 23.9 Å². The number of rotatable bonds is 13. The van der Waals surface area contributed by atoms with Crippen LogP contribution in [0.25, 0.3) is 0 Å². The Kier molecular flexibility index (Phi) is 11.3. The van der Waals surface area contributed by atoms with Gasteiger partial charge in [-0.1, -0.05) is 54.1 Å². The maximum Gasteiger partial charge on any atom is 0.261 e. The molecule has 1 aliphatic rings. The van der Waals surface area contributed by atoms with Crippen LogP contribution in [0.15, 0.2) is 83.8 Å². The minimum Gasteiger partial charge on any atom is -0.484 e. The van der Waals surface area contributed by atoms with E-state index in [4.69, 9.17) is 21.1 Å². The van der Waals surface area contributed by atoms with Gasteiger partial charge < -0.3 is 24.8 Å². The second-order valence-corrected chi connectivity index (χ2v) is 12.0. The van der Waals surface area contributed by atoms with Gasteiger partial charge >= 0.3 is 0 Å². The Morgan fingerprint density at radius 2 is 1.67 bits per heavy atom. The summed E-state index contributed by atoms with van der Waals surface area (Å²) in [5, 5.41) is 12.5. The van der Waals surface area contributed by atoms with Gasteiger partial charge in [0.25, 0.3) is 5.91 Å². The maximum absolute atomic E-state index is 13.7. The molecular formula is C30H34ClN3O7S. The summed E-state index contributed by atoms with van der Waals surface area (Å²) in [5.41, 5.74) is 1.37. The van der Waals surface area contributed by atoms with Crippen molar-refractivity contribution in [1.29, 1.82) is 0 Å². The molecule has 1 unspecified atom stereocenters. The molecule has 0 bridgehead atoms. The number of aliphatic hydroxyl groups excluding tert-OH is 1. The van der Waals surface area contributed by atoms with E-state index in [2.05, 4.69) is 5.32 Å². The van der Waals surface area contributed by atoms with Gasteiger partial charge in [0, 0.05) is 37.8 Å². The number of carbonyl (C=O) groups excluding carboxylic acids is 2. The number of nitrogens with one attached hydrogen (secondary N) is 1. The summed E-state index contributed by atoms with van der Waals surface area (Å²) in [4.78, 5) is 28.7. The zero-order chi connectivity index (χ0) is 30.0. The molecule has 42 heavy (non-hydrogen) atoms. The van der Waals surface area contributed by atoms with E-state index in [-0.39, 0.29) is 37.7 Å². The fraction of sp³-hybridized carbons (Fsp3) is 0.333. The van der Waals surface area contributed by atoms with Crippen LogP contribution in [0.1, 0.15) is 23.6 Å². The van der Waals surface area contributed by atoms with Crippen molar-refractivity contribution < 1.29 is 32.6 Å². The molecule has 4 rings (SSSR count). The Morgan fingerprint density at radius 1 is 1.00 bits per heavy atom. The first-order valence-electron chi connectivity index (χ1n) is 13.6. The van der Waals surface area contributed by atoms with Gasteiger partial charge in [-0.3, -0.25) is 9.59 Å². The minimum atomic E-state index is -3.67. The average molecular weight is 616 g/mol. The molecule has 10 nitrogen and oxygen atoms in total. The van der Waals surface area contributed by atoms with Crippen molar-refractivity contribution in [2.75, 3.05) is 46.1 Å². The highest BCUT2D eigenvalue weighted by atomic mass is 35.5. The average Bonchev–Trinajstić information content (AvgIpc) is 3.02. The largest absolute Gasteiger partial charge is 0.484 e. The summed E-state index contributed by atoms with van der Waals surface area (Å²) in [5.74, 6) is -0.546. The lowest BCUT2D eigenvalue weighted by Crippen LogP contribution is -2.45. The molecule has 1 saturated heterocycles. The zero-order valence-corrected chi connectivity index (χ0v) is 24.6. The van der Waals surface area contributed by atoms with Crippen LogP contribution in [0.4, 0.5) is 0 Å². The van der Waals surface area contributed by atoms with Gasteiger partial charge in [0.2, 0.25) is 15.9 Å². The smallest absolute Gasteiger partial charge is 0.261 e. The normalized spacial score (nSPS) is 14.6. The summed E-state index contributed by atoms with van der Waals surface area (Å²) < 4.78 is 38.2. The van der Waals surface area contributed by atoms with E-state index in [1.165, 1.54) is 33.5 Å². The highest BCUT2D eigenvalue weighted by Gasteiger charge is 2.32. The number of ether oxygens (including phenoxy) is 2. The Morgan fingerprint density at radius 3 is 2.31 bits per heavy atom. The van der Waals surface area contributed by atoms with E-state index in [0.29, 0.717) is 36.0 Å². The molecule has 0 saturated carbocycles. The molecule has 3 aromatic carbocycles. The van der Waals surface area contributed by atoms with E-state index in [1.807, 2.05) is 6.07 Å². The van der Waals surface area contributed by atoms with Crippen molar-refractivity contribution in [3.05, 3.63) is 95.0 Å². The van der Waals surface area contributed by atoms with Gasteiger partial charge in [-0.05, 0) is 53.9 Å². The molecule has 0 spiro atoms. The second-order valence-electron chi connectivity index (χ2n) is 9.61. The van der Waals surface area contributed by atoms with Gasteiger partial charge in [0.15, 0.2) is 6.61 Å². The lowest BCUT2D eigenvalue weighted by Gasteiger charge is -2.31. The quantitative estimate of drug-likeness (QED) is 0.283. The van der Waals surface area contributed by atoms with Crippen LogP contribution < -0.4 is 10.1 Å². The zero-order valence-electron chi connectivity index (χ0n) is 23.0. The van der Waals surface area contributed by atoms with Crippen LogP contribution in [-0.2, 0) is 30.9 Å². The fourth-order valence-corrected chi connectivity index (χ4v) is 6.01. The second kappa shape index (κ2) is 15.1. The minimum absolute atomic E-state index is 0.0793. The van der Waals surface area contributed by atoms with Crippen LogP contribution in [0.3, 0.4) is 0 Å². The summed E-state index contributed by atoms with van der Waals surface area (Å²) in [6.45, 7) is 1.14. The molecule has 0 radical (unpaired) electrons. The van der Waals surface area contributed by atoms with Gasteiger partial charge in [0.05, 0.1) is 18.1 Å². The highest BCUT2D eigenvalue weighted by molar-refractivity contribution is 7.89. The lowest BCUT2D eigenvalue weighted by atomic mass is 10.0. The van der Waals surface area contributed by atoms with Gasteiger partial charge in [-0.2, -0.15) is 4.31 Å². The molecule has 224 valence electrons. The number of sulfonamides is 1. The van der Waals surface area contributed by atoms with Crippen molar-refractivity contribution in [2.24, 2.45) is 0 Å². The third-order valence-electron chi connectivity index (χ3n) is 6.69. The third-order valence-corrected chi connectivity index (χ3v) is 8.85. The number of aliphatic hydroxyl groups is 1. The molecule has 1 fully saturated rings. The Bertz CT molecular complexity index is 1420. The predicted octanol–water partition coefficient (Wildman–Crippen LogP) is 3.01. The number of amides is 2. The molecule has 1 atom stereocenters. The lowest BCUT2D eigenvalue weighted by molar-refractivity contribution is -0.143. The van der Waals surface area contributed by atoms with Gasteiger partial charge in [-0.25, -0.2) is 8.42 Å². The Hall–Kier alpha value is -3.48. The first kappa shape index (κ1) is 31.5. The molecule has 0 aromatic heterocycles. The fourth-order valence-electron chi connectivity index (χ4n) is 4.48. The molecule has 2 amide bonds. The van der Waals surface area contributed by atoms with Gasteiger partial charge in [0.1, 0.15) is 11.8 Å². The molecule has 2 N–H and O–H groups in total. The van der Waals surface area contributed by atoms with E-state index in [0.717, 1.165) is 5.56 Å². The van der Waals surface area contributed by atoms with Gasteiger partial charge in [-0.15, -0.1) is 0 Å². The van der Waals surface area contributed by atoms with Crippen LogP contribution in [0, 0.1) is 0 Å². The molecule has 1 heterocycles. The number of nitrogens with zero attached hydrogens (tertiary/aromatic N) is 2. The Balaban J connectivity index is 1.54. The number of halogens is 1. The third kappa shape index (κ3) is 8.30. The SMILES string of the molecule is O=C(NCCCO)C(c1ccccc1)N(Cc1ccc(Cl)cc1)C(=O)COc1ccc(S(=O)(=O)N2CCOCC2)cc1. The van der Waals surface area contributed by atoms with Crippen molar-refractivity contribution >= 4 is 33.4 Å². The number of carbonyl (C=O) groups is 2. The highest BCUT2D eigenvalue weighted by Crippen LogP contribution is 2.26. The Labute approximate surface area is 250 Å². The number of hydrogen-bond donors (Lipinski definition) is 2. The first-order valence-corrected chi connectivity index (χ1v) is 15.4. The first-order chi connectivity index (χ1) is 20.3. The van der Waals surface area contributed by atoms with E-state index in [9.17, 15) is 23.1 Å². The molecular weight excluding hydrogens is 582 g/mol. The van der Waals surface area contributed by atoms with Crippen LogP contribution in [0.2, 0.25) is 5.02 Å². The van der Waals surface area contributed by atoms with Crippen molar-refractivity contribution in [3.8, 4) is 5.75 Å². The molecule has 1 aliphatic heterocycles. The van der Waals surface area contributed by atoms with Crippen LogP contribution in [-0.4, -0.2) is 80.6 Å². The molecule has 12 heteroatoms. The summed E-state index contributed by atoms with van der Waals surface area (Å²) in [6, 6.07) is 20.8. The number of hydrogen-bond acceptors (Lipinski definition) is 7. The molecule has 3 aromatic rings. The molecule has 0 aliphatic carbocycles. The van der Waals surface area contributed by atoms with E-state index < -0.39 is 34.5 Å². The van der Waals surface area contributed by atoms with Crippen molar-refractivity contribution in [3.63, 3.8) is 0 Å². The maximum atomic E-state index is 13.7. The predicted molar refractivity (Wildman–Crippen MR) is 157 cm³/mol. The van der Waals surface area contributed by atoms with Crippen LogP contribution >= 0.6 is 11.6 Å².